The summed E-state index contributed by atoms with van der Waals surface area (Å²) in [4.78, 5) is 26.8. The van der Waals surface area contributed by atoms with Gasteiger partial charge in [-0.05, 0) is 74.7 Å². The average Bonchev–Trinajstić information content (AvgIpc) is 2.72. The van der Waals surface area contributed by atoms with Crippen molar-refractivity contribution in [3.05, 3.63) is 42.5 Å². The van der Waals surface area contributed by atoms with Crippen LogP contribution < -0.4 is 15.5 Å². The standard InChI is InChI=1S/C26H33N3O2/c1-17(25(31)28-26-13-18-10-19(14-26)12-20(11-18)15-26)29(2)16-24(30)27-23-9-5-7-21-6-3-4-8-22(21)23/h3-9,17-20H,10-16H2,1-2H3,(H,27,30)(H,28,31)/p+1/t17-,18?,19?,20?,26?/m1/s1. The van der Waals surface area contributed by atoms with Crippen LogP contribution >= 0.6 is 0 Å². The summed E-state index contributed by atoms with van der Waals surface area (Å²) in [6, 6.07) is 13.7. The number of fused-ring (bicyclic) bond motifs is 1. The number of likely N-dealkylation sites (N-methyl/N-ethyl adjacent to an activating group) is 1. The molecule has 5 heteroatoms. The first-order valence-electron chi connectivity index (χ1n) is 11.8. The van der Waals surface area contributed by atoms with Crippen LogP contribution in [0.3, 0.4) is 0 Å². The van der Waals surface area contributed by atoms with E-state index in [4.69, 9.17) is 0 Å². The molecule has 4 saturated carbocycles. The van der Waals surface area contributed by atoms with Gasteiger partial charge in [0.15, 0.2) is 12.6 Å². The number of carbonyl (C=O) groups is 2. The van der Waals surface area contributed by atoms with Crippen molar-refractivity contribution in [2.45, 2.75) is 57.0 Å². The van der Waals surface area contributed by atoms with Crippen LogP contribution in [0.25, 0.3) is 10.8 Å². The van der Waals surface area contributed by atoms with Gasteiger partial charge in [-0.3, -0.25) is 9.59 Å². The third kappa shape index (κ3) is 4.08. The van der Waals surface area contributed by atoms with Crippen molar-refractivity contribution in [2.24, 2.45) is 17.8 Å². The van der Waals surface area contributed by atoms with Crippen molar-refractivity contribution in [2.75, 3.05) is 18.9 Å². The Balaban J connectivity index is 1.19. The average molecular weight is 421 g/mol. The van der Waals surface area contributed by atoms with Gasteiger partial charge >= 0.3 is 0 Å². The minimum Gasteiger partial charge on any atom is -0.345 e. The van der Waals surface area contributed by atoms with E-state index in [1.807, 2.05) is 56.4 Å². The molecule has 5 nitrogen and oxygen atoms in total. The Labute approximate surface area is 184 Å². The van der Waals surface area contributed by atoms with Gasteiger partial charge in [-0.2, -0.15) is 0 Å². The van der Waals surface area contributed by atoms with Crippen LogP contribution in [0.1, 0.15) is 45.4 Å². The molecule has 2 amide bonds. The number of rotatable bonds is 6. The van der Waals surface area contributed by atoms with Gasteiger partial charge in [-0.25, -0.2) is 0 Å². The molecule has 0 saturated heterocycles. The molecule has 0 aromatic heterocycles. The molecule has 6 rings (SSSR count). The molecular formula is C26H34N3O2+. The number of anilines is 1. The molecule has 0 aliphatic heterocycles. The summed E-state index contributed by atoms with van der Waals surface area (Å²) in [5, 5.41) is 8.64. The van der Waals surface area contributed by atoms with E-state index in [1.54, 1.807) is 0 Å². The van der Waals surface area contributed by atoms with Crippen LogP contribution in [0.5, 0.6) is 0 Å². The predicted octanol–water partition coefficient (Wildman–Crippen LogP) is 2.77. The second kappa shape index (κ2) is 7.94. The van der Waals surface area contributed by atoms with Gasteiger partial charge in [0.05, 0.1) is 7.05 Å². The van der Waals surface area contributed by atoms with Crippen molar-refractivity contribution in [3.8, 4) is 0 Å². The fraction of sp³-hybridized carbons (Fsp3) is 0.538. The first-order chi connectivity index (χ1) is 14.9. The SMILES string of the molecule is C[C@H](C(=O)NC12CC3CC(CC(C3)C1)C2)[NH+](C)CC(=O)Nc1cccc2ccccc12. The highest BCUT2D eigenvalue weighted by Crippen LogP contribution is 2.55. The van der Waals surface area contributed by atoms with E-state index in [-0.39, 0.29) is 29.9 Å². The monoisotopic (exact) mass is 420 g/mol. The molecule has 1 unspecified atom stereocenters. The Morgan fingerprint density at radius 1 is 1.00 bits per heavy atom. The van der Waals surface area contributed by atoms with E-state index in [2.05, 4.69) is 10.6 Å². The zero-order valence-electron chi connectivity index (χ0n) is 18.6. The van der Waals surface area contributed by atoms with E-state index in [0.717, 1.165) is 58.4 Å². The molecule has 2 aromatic carbocycles. The van der Waals surface area contributed by atoms with Crippen LogP contribution in [0.15, 0.2) is 42.5 Å². The third-order valence-electron chi connectivity index (χ3n) is 8.06. The van der Waals surface area contributed by atoms with Crippen molar-refractivity contribution in [3.63, 3.8) is 0 Å². The quantitative estimate of drug-likeness (QED) is 0.673. The second-order valence-corrected chi connectivity index (χ2v) is 10.5. The maximum Gasteiger partial charge on any atom is 0.279 e. The summed E-state index contributed by atoms with van der Waals surface area (Å²) in [6.45, 7) is 2.20. The molecule has 4 aliphatic carbocycles. The number of quaternary nitrogens is 1. The van der Waals surface area contributed by atoms with Crippen molar-refractivity contribution in [1.29, 1.82) is 0 Å². The zero-order valence-corrected chi connectivity index (χ0v) is 18.6. The molecule has 4 fully saturated rings. The van der Waals surface area contributed by atoms with Gasteiger partial charge < -0.3 is 15.5 Å². The Kier molecular flexibility index (Phi) is 5.25. The molecule has 0 heterocycles. The largest absolute Gasteiger partial charge is 0.345 e. The minimum absolute atomic E-state index is 0.0194. The van der Waals surface area contributed by atoms with Gasteiger partial charge in [-0.1, -0.05) is 36.4 Å². The summed E-state index contributed by atoms with van der Waals surface area (Å²) in [6.07, 6.45) is 7.55. The van der Waals surface area contributed by atoms with Crippen molar-refractivity contribution < 1.29 is 14.5 Å². The highest BCUT2D eigenvalue weighted by atomic mass is 16.2. The van der Waals surface area contributed by atoms with E-state index in [1.165, 1.54) is 19.3 Å². The minimum atomic E-state index is -0.258. The number of amides is 2. The molecule has 4 bridgehead atoms. The highest BCUT2D eigenvalue weighted by molar-refractivity contribution is 6.02. The van der Waals surface area contributed by atoms with Gasteiger partial charge in [0.1, 0.15) is 0 Å². The Morgan fingerprint density at radius 2 is 1.61 bits per heavy atom. The van der Waals surface area contributed by atoms with Crippen LogP contribution in [0.2, 0.25) is 0 Å². The Morgan fingerprint density at radius 3 is 2.29 bits per heavy atom. The van der Waals surface area contributed by atoms with Gasteiger partial charge in [0.2, 0.25) is 0 Å². The normalized spacial score (nSPS) is 30.7. The second-order valence-electron chi connectivity index (χ2n) is 10.5. The lowest BCUT2D eigenvalue weighted by atomic mass is 9.53. The molecule has 4 aliphatic rings. The fourth-order valence-corrected chi connectivity index (χ4v) is 6.79. The summed E-state index contributed by atoms with van der Waals surface area (Å²) < 4.78 is 0. The molecule has 2 atom stereocenters. The Hall–Kier alpha value is -2.40. The van der Waals surface area contributed by atoms with Gasteiger partial charge in [0, 0.05) is 16.6 Å². The third-order valence-corrected chi connectivity index (χ3v) is 8.06. The molecule has 31 heavy (non-hydrogen) atoms. The van der Waals surface area contributed by atoms with Crippen LogP contribution in [-0.2, 0) is 9.59 Å². The van der Waals surface area contributed by atoms with E-state index in [9.17, 15) is 9.59 Å². The maximum atomic E-state index is 13.1. The number of benzene rings is 2. The molecule has 3 N–H and O–H groups in total. The van der Waals surface area contributed by atoms with Gasteiger partial charge in [0.25, 0.3) is 11.8 Å². The van der Waals surface area contributed by atoms with Gasteiger partial charge in [-0.15, -0.1) is 0 Å². The first kappa shape index (κ1) is 20.5. The smallest absolute Gasteiger partial charge is 0.279 e. The molecule has 0 spiro atoms. The summed E-state index contributed by atoms with van der Waals surface area (Å²) in [5.41, 5.74) is 0.840. The lowest BCUT2D eigenvalue weighted by molar-refractivity contribution is -0.885. The summed E-state index contributed by atoms with van der Waals surface area (Å²) in [5.74, 6) is 2.44. The molecule has 0 radical (unpaired) electrons. The zero-order chi connectivity index (χ0) is 21.6. The lowest BCUT2D eigenvalue weighted by Gasteiger charge is -2.57. The number of hydrogen-bond donors (Lipinski definition) is 3. The lowest BCUT2D eigenvalue weighted by Crippen LogP contribution is -3.15. The Bertz CT molecular complexity index is 961. The van der Waals surface area contributed by atoms with E-state index < -0.39 is 0 Å². The summed E-state index contributed by atoms with van der Waals surface area (Å²) in [7, 11) is 1.94. The summed E-state index contributed by atoms with van der Waals surface area (Å²) >= 11 is 0. The molecule has 164 valence electrons. The van der Waals surface area contributed by atoms with E-state index in [0.29, 0.717) is 0 Å². The number of hydrogen-bond acceptors (Lipinski definition) is 2. The van der Waals surface area contributed by atoms with Crippen LogP contribution in [-0.4, -0.2) is 37.0 Å². The highest BCUT2D eigenvalue weighted by Gasteiger charge is 2.52. The topological polar surface area (TPSA) is 62.6 Å². The molecule has 2 aromatic rings. The predicted molar refractivity (Wildman–Crippen MR) is 123 cm³/mol. The van der Waals surface area contributed by atoms with E-state index >= 15 is 0 Å². The first-order valence-corrected chi connectivity index (χ1v) is 11.8. The number of nitrogens with one attached hydrogen (secondary N) is 3. The van der Waals surface area contributed by atoms with Crippen molar-refractivity contribution >= 4 is 28.3 Å². The maximum absolute atomic E-state index is 13.1. The van der Waals surface area contributed by atoms with Crippen molar-refractivity contribution in [1.82, 2.24) is 5.32 Å². The van der Waals surface area contributed by atoms with Crippen LogP contribution in [0, 0.1) is 17.8 Å². The number of carbonyl (C=O) groups excluding carboxylic acids is 2. The van der Waals surface area contributed by atoms with Crippen LogP contribution in [0.4, 0.5) is 5.69 Å². The molecular weight excluding hydrogens is 386 g/mol. The fourth-order valence-electron chi connectivity index (χ4n) is 6.79.